The molecule has 26 heteroatoms. The number of hydrogen-bond donors (Lipinski definition) is 14. The van der Waals surface area contributed by atoms with E-state index in [0.29, 0.717) is 25.9 Å². The molecule has 482 valence electrons. The maximum Gasteiger partial charge on any atom is 0.187 e. The van der Waals surface area contributed by atoms with Gasteiger partial charge in [-0.3, -0.25) is 0 Å². The molecule has 0 radical (unpaired) electrons. The summed E-state index contributed by atoms with van der Waals surface area (Å²) in [6, 6.07) is 0. The molecule has 0 unspecified atom stereocenters. The third-order valence-corrected chi connectivity index (χ3v) is 24.0. The molecule has 0 aromatic heterocycles. The highest BCUT2D eigenvalue weighted by Gasteiger charge is 2.80. The highest BCUT2D eigenvalue weighted by atomic mass is 16.8. The minimum atomic E-state index is -1.94. The highest BCUT2D eigenvalue weighted by molar-refractivity contribution is 5.59. The first-order valence-corrected chi connectivity index (χ1v) is 30.5. The van der Waals surface area contributed by atoms with Crippen LogP contribution in [-0.4, -0.2) is 270 Å². The lowest BCUT2D eigenvalue weighted by molar-refractivity contribution is -0.404. The SMILES string of the molecule is C[C@@H]1O[C@@H](O[C@H]2[C@H](O)[C@@H](CO)O[C@@H](O[C@H]3CO[C@@H](O[C@H]4CC[C@]5(C)[C@H]6CC[C@]78OC[C@@]9(CC[C@](C)(C=O)C[C@H]97)[C@H](O)C[C@@]8(C)[C@]6(C)CC[C@H]5C4(C)C)[C@H](O[C@@H]4O[C@H](CO)[C@@H](O)[C@H](O)[C@H]4O)[C@H]3O)[C@@H]2O[C@@H]2OC[C@@H](O)[C@H](O)[C@H]2O)[C@H](O)[C@H](O)[C@H]1O. The van der Waals surface area contributed by atoms with E-state index in [4.69, 9.17) is 52.1 Å². The van der Waals surface area contributed by atoms with E-state index < -0.39 is 202 Å². The van der Waals surface area contributed by atoms with E-state index in [1.54, 1.807) is 0 Å². The zero-order valence-corrected chi connectivity index (χ0v) is 49.0. The molecule has 6 aliphatic heterocycles. The number of aliphatic hydroxyl groups is 14. The lowest BCUT2D eigenvalue weighted by Gasteiger charge is -2.75. The van der Waals surface area contributed by atoms with Gasteiger partial charge in [-0.2, -0.15) is 0 Å². The molecular weight excluding hydrogens is 1110 g/mol. The van der Waals surface area contributed by atoms with Crippen molar-refractivity contribution in [3.63, 3.8) is 0 Å². The van der Waals surface area contributed by atoms with Gasteiger partial charge in [0.1, 0.15) is 110 Å². The Labute approximate surface area is 488 Å². The summed E-state index contributed by atoms with van der Waals surface area (Å²) in [5, 5.41) is 155. The largest absolute Gasteiger partial charge is 0.394 e. The molecule has 6 heterocycles. The Balaban J connectivity index is 0.866. The van der Waals surface area contributed by atoms with Crippen molar-refractivity contribution in [3.8, 4) is 0 Å². The number of rotatable bonds is 13. The predicted molar refractivity (Wildman–Crippen MR) is 282 cm³/mol. The van der Waals surface area contributed by atoms with Crippen LogP contribution in [0.25, 0.3) is 0 Å². The van der Waals surface area contributed by atoms with Gasteiger partial charge in [0.15, 0.2) is 31.5 Å². The summed E-state index contributed by atoms with van der Waals surface area (Å²) in [5.74, 6) is 0.347. The lowest BCUT2D eigenvalue weighted by Crippen LogP contribution is -2.74. The van der Waals surface area contributed by atoms with Gasteiger partial charge in [0.05, 0.1) is 56.9 Å². The van der Waals surface area contributed by atoms with Crippen LogP contribution in [0.1, 0.15) is 113 Å². The zero-order valence-electron chi connectivity index (χ0n) is 49.0. The summed E-state index contributed by atoms with van der Waals surface area (Å²) in [6.45, 7) is 12.7. The van der Waals surface area contributed by atoms with Gasteiger partial charge in [0, 0.05) is 16.2 Å². The van der Waals surface area contributed by atoms with Gasteiger partial charge in [-0.15, -0.1) is 0 Å². The van der Waals surface area contributed by atoms with Crippen molar-refractivity contribution < 1.29 is 128 Å². The molecule has 2 bridgehead atoms. The van der Waals surface area contributed by atoms with E-state index in [1.165, 1.54) is 6.92 Å². The molecular formula is C58H94O26. The minimum absolute atomic E-state index is 0.0469. The Morgan fingerprint density at radius 2 is 1.12 bits per heavy atom. The smallest absolute Gasteiger partial charge is 0.187 e. The second-order valence-electron chi connectivity index (χ2n) is 28.6. The van der Waals surface area contributed by atoms with Crippen LogP contribution in [0.4, 0.5) is 0 Å². The van der Waals surface area contributed by atoms with Crippen LogP contribution in [0.15, 0.2) is 0 Å². The van der Waals surface area contributed by atoms with E-state index in [2.05, 4.69) is 41.5 Å². The highest BCUT2D eigenvalue weighted by Crippen LogP contribution is 2.80. The van der Waals surface area contributed by atoms with E-state index >= 15 is 0 Å². The normalized spacial score (nSPS) is 58.2. The molecule has 0 aromatic rings. The van der Waals surface area contributed by atoms with E-state index in [-0.39, 0.29) is 34.0 Å². The van der Waals surface area contributed by atoms with Gasteiger partial charge in [-0.25, -0.2) is 0 Å². The topological polar surface area (TPSA) is 402 Å². The van der Waals surface area contributed by atoms with Crippen LogP contribution in [0.3, 0.4) is 0 Å². The number of fused-ring (bicyclic) bond motifs is 4. The van der Waals surface area contributed by atoms with E-state index in [0.717, 1.165) is 51.2 Å². The average Bonchev–Trinajstić information content (AvgIpc) is 1.93. The second kappa shape index (κ2) is 23.1. The van der Waals surface area contributed by atoms with Crippen molar-refractivity contribution in [2.24, 2.45) is 50.2 Å². The fraction of sp³-hybridized carbons (Fsp3) is 0.983. The monoisotopic (exact) mass is 1210 g/mol. The molecule has 11 fully saturated rings. The minimum Gasteiger partial charge on any atom is -0.394 e. The molecule has 34 atom stereocenters. The number of carbonyl (C=O) groups is 1. The van der Waals surface area contributed by atoms with Crippen LogP contribution < -0.4 is 0 Å². The summed E-state index contributed by atoms with van der Waals surface area (Å²) in [7, 11) is 0. The number of hydrogen-bond acceptors (Lipinski definition) is 26. The van der Waals surface area contributed by atoms with Crippen molar-refractivity contribution in [2.75, 3.05) is 33.0 Å². The maximum absolute atomic E-state index is 12.7. The third kappa shape index (κ3) is 9.88. The number of ether oxygens (including phenoxy) is 11. The van der Waals surface area contributed by atoms with Gasteiger partial charge in [-0.1, -0.05) is 41.5 Å². The molecule has 0 amide bonds. The Morgan fingerprint density at radius 1 is 0.512 bits per heavy atom. The molecule has 6 saturated heterocycles. The molecule has 5 saturated carbocycles. The van der Waals surface area contributed by atoms with Gasteiger partial charge >= 0.3 is 0 Å². The second-order valence-corrected chi connectivity index (χ2v) is 28.6. The molecule has 1 spiro atoms. The van der Waals surface area contributed by atoms with E-state index in [1.807, 2.05) is 0 Å². The van der Waals surface area contributed by atoms with Crippen molar-refractivity contribution in [2.45, 2.75) is 272 Å². The Kier molecular flexibility index (Phi) is 17.7. The van der Waals surface area contributed by atoms with Crippen molar-refractivity contribution in [3.05, 3.63) is 0 Å². The number of aldehydes is 1. The van der Waals surface area contributed by atoms with Gasteiger partial charge < -0.3 is 128 Å². The summed E-state index contributed by atoms with van der Waals surface area (Å²) in [4.78, 5) is 12.6. The molecule has 84 heavy (non-hydrogen) atoms. The van der Waals surface area contributed by atoms with Crippen LogP contribution in [0, 0.1) is 50.2 Å². The summed E-state index contributed by atoms with van der Waals surface area (Å²) < 4.78 is 68.9. The van der Waals surface area contributed by atoms with Crippen LogP contribution in [0.2, 0.25) is 0 Å². The zero-order chi connectivity index (χ0) is 60.8. The van der Waals surface area contributed by atoms with Crippen LogP contribution in [-0.2, 0) is 56.9 Å². The Hall–Kier alpha value is -1.33. The van der Waals surface area contributed by atoms with Crippen molar-refractivity contribution in [1.29, 1.82) is 0 Å². The average molecular weight is 1210 g/mol. The standard InChI is InChI=1S/C58H94O26/c1-24-34(64)39(69)42(72)48(77-24)82-44-37(67)27(19-60)79-51(46(44)84-47-41(71)35(65)25(62)20-74-47)80-28-21-75-50(45(38(28)68)83-49-43(73)40(70)36(66)26(18-59)78-49)81-33-10-11-54(5)29(52(33,2)3)8-12-55(6)30(54)9-13-58-31-16-53(4,22-61)14-15-57(31,23-76-58)32(63)17-56(55,58)7/h22,24-51,59-60,62-73H,8-21,23H2,1-7H3/t24-,25+,26+,27+,28-,29-,30+,31+,32+,33-,34-,35-,36+,37+,38-,39+,40-,41+,42+,43+,44-,45+,46+,47-,48-,49-,50-,51-,53-,54-,55+,56-,57+,58-/m0/s1. The predicted octanol–water partition coefficient (Wildman–Crippen LogP) is -3.04. The van der Waals surface area contributed by atoms with E-state index in [9.17, 15) is 76.3 Å². The molecule has 14 N–H and O–H groups in total. The third-order valence-electron chi connectivity index (χ3n) is 24.0. The molecule has 0 aromatic carbocycles. The number of aliphatic hydroxyl groups excluding tert-OH is 14. The molecule has 11 aliphatic rings. The first kappa shape index (κ1) is 64.2. The quantitative estimate of drug-likeness (QED) is 0.0644. The van der Waals surface area contributed by atoms with Crippen LogP contribution >= 0.6 is 0 Å². The first-order valence-electron chi connectivity index (χ1n) is 30.5. The first-order chi connectivity index (χ1) is 39.5. The molecule has 11 rings (SSSR count). The summed E-state index contributed by atoms with van der Waals surface area (Å²) >= 11 is 0. The fourth-order valence-corrected chi connectivity index (χ4v) is 18.8. The molecule has 26 nitrogen and oxygen atoms in total. The van der Waals surface area contributed by atoms with Crippen LogP contribution in [0.5, 0.6) is 0 Å². The summed E-state index contributed by atoms with van der Waals surface area (Å²) in [5.41, 5.74) is -2.81. The Bertz CT molecular complexity index is 2320. The van der Waals surface area contributed by atoms with Gasteiger partial charge in [0.2, 0.25) is 0 Å². The lowest BCUT2D eigenvalue weighted by atomic mass is 9.30. The van der Waals surface area contributed by atoms with Gasteiger partial charge in [0.25, 0.3) is 0 Å². The maximum atomic E-state index is 12.7. The Morgan fingerprint density at radius 3 is 1.81 bits per heavy atom. The van der Waals surface area contributed by atoms with Gasteiger partial charge in [-0.05, 0) is 105 Å². The fourth-order valence-electron chi connectivity index (χ4n) is 18.8. The summed E-state index contributed by atoms with van der Waals surface area (Å²) in [6.07, 6.45) is -32.2. The van der Waals surface area contributed by atoms with Crippen molar-refractivity contribution in [1.82, 2.24) is 0 Å². The number of carbonyl (C=O) groups excluding carboxylic acids is 1. The molecule has 5 aliphatic carbocycles. The van der Waals surface area contributed by atoms with Crippen molar-refractivity contribution >= 4 is 6.29 Å².